The Hall–Kier alpha value is -1.12. The van der Waals surface area contributed by atoms with E-state index in [1.807, 2.05) is 0 Å². The average Bonchev–Trinajstić information content (AvgIpc) is 2.29. The van der Waals surface area contributed by atoms with Gasteiger partial charge in [0.05, 0.1) is 7.11 Å². The minimum absolute atomic E-state index is 0.280. The van der Waals surface area contributed by atoms with Gasteiger partial charge in [0.2, 0.25) is 0 Å². The zero-order chi connectivity index (χ0) is 12.4. The van der Waals surface area contributed by atoms with Gasteiger partial charge < -0.3 is 4.74 Å². The summed E-state index contributed by atoms with van der Waals surface area (Å²) in [4.78, 5) is 0. The molecule has 0 aliphatic heterocycles. The van der Waals surface area contributed by atoms with E-state index in [4.69, 9.17) is 0 Å². The van der Waals surface area contributed by atoms with Crippen molar-refractivity contribution in [1.29, 1.82) is 0 Å². The van der Waals surface area contributed by atoms with Gasteiger partial charge in [0.25, 0.3) is 0 Å². The van der Waals surface area contributed by atoms with Crippen LogP contribution in [0.25, 0.3) is 0 Å². The average molecular weight is 240 g/mol. The monoisotopic (exact) mass is 240 g/mol. The fourth-order valence-electron chi connectivity index (χ4n) is 2.60. The lowest BCUT2D eigenvalue weighted by Gasteiger charge is -2.26. The molecule has 1 saturated carbocycles. The summed E-state index contributed by atoms with van der Waals surface area (Å²) in [5.74, 6) is -0.444. The molecule has 0 N–H and O–H groups in total. The highest BCUT2D eigenvalue weighted by molar-refractivity contribution is 5.33. The fraction of sp³-hybridized carbons (Fsp3) is 0.571. The van der Waals surface area contributed by atoms with Gasteiger partial charge in [-0.3, -0.25) is 0 Å². The van der Waals surface area contributed by atoms with E-state index in [1.165, 1.54) is 19.2 Å². The smallest absolute Gasteiger partial charge is 0.190 e. The summed E-state index contributed by atoms with van der Waals surface area (Å²) < 4.78 is 31.8. The van der Waals surface area contributed by atoms with Crippen molar-refractivity contribution in [3.63, 3.8) is 0 Å². The number of halogens is 2. The Bertz CT molecular complexity index is 372. The van der Waals surface area contributed by atoms with E-state index in [1.54, 1.807) is 0 Å². The highest BCUT2D eigenvalue weighted by Crippen LogP contribution is 2.37. The van der Waals surface area contributed by atoms with Gasteiger partial charge in [0, 0.05) is 0 Å². The van der Waals surface area contributed by atoms with Crippen molar-refractivity contribution < 1.29 is 13.5 Å². The van der Waals surface area contributed by atoms with Crippen LogP contribution in [0.4, 0.5) is 8.78 Å². The van der Waals surface area contributed by atoms with Crippen LogP contribution in [-0.4, -0.2) is 7.11 Å². The molecule has 1 aromatic carbocycles. The first-order valence-electron chi connectivity index (χ1n) is 6.14. The molecule has 1 aromatic rings. The van der Waals surface area contributed by atoms with E-state index >= 15 is 0 Å². The number of methoxy groups -OCH3 is 1. The second-order valence-electron chi connectivity index (χ2n) is 4.97. The van der Waals surface area contributed by atoms with Crippen molar-refractivity contribution in [2.45, 2.75) is 38.5 Å². The van der Waals surface area contributed by atoms with E-state index in [0.29, 0.717) is 5.92 Å². The molecule has 0 atom stereocenters. The lowest BCUT2D eigenvalue weighted by Crippen LogP contribution is -2.11. The van der Waals surface area contributed by atoms with Crippen molar-refractivity contribution in [2.24, 2.45) is 5.92 Å². The molecule has 0 unspecified atom stereocenters. The molecular formula is C14H18F2O. The van der Waals surface area contributed by atoms with Crippen molar-refractivity contribution in [3.05, 3.63) is 29.3 Å². The summed E-state index contributed by atoms with van der Waals surface area (Å²) in [6.45, 7) is 2.23. The van der Waals surface area contributed by atoms with Crippen LogP contribution in [0.1, 0.15) is 44.1 Å². The van der Waals surface area contributed by atoms with Crippen molar-refractivity contribution >= 4 is 0 Å². The summed E-state index contributed by atoms with van der Waals surface area (Å²) in [6.07, 6.45) is 4.32. The summed E-state index contributed by atoms with van der Waals surface area (Å²) in [6, 6.07) is 2.84. The quantitative estimate of drug-likeness (QED) is 0.750. The van der Waals surface area contributed by atoms with E-state index in [-0.39, 0.29) is 5.75 Å². The van der Waals surface area contributed by atoms with Crippen molar-refractivity contribution in [3.8, 4) is 5.75 Å². The molecule has 1 nitrogen and oxygen atoms in total. The summed E-state index contributed by atoms with van der Waals surface area (Å²) >= 11 is 0. The minimum atomic E-state index is -0.596. The number of rotatable bonds is 2. The summed E-state index contributed by atoms with van der Waals surface area (Å²) in [5.41, 5.74) is 0.771. The number of hydrogen-bond acceptors (Lipinski definition) is 1. The molecule has 0 aromatic heterocycles. The predicted molar refractivity (Wildman–Crippen MR) is 63.3 cm³/mol. The van der Waals surface area contributed by atoms with Gasteiger partial charge in [-0.05, 0) is 42.4 Å². The highest BCUT2D eigenvalue weighted by Gasteiger charge is 2.22. The second kappa shape index (κ2) is 5.03. The van der Waals surface area contributed by atoms with Crippen LogP contribution < -0.4 is 4.74 Å². The maximum absolute atomic E-state index is 13.6. The standard InChI is InChI=1S/C14H18F2O/c1-9-3-5-10(6-4-9)11-7-12(15)14(17-2)13(16)8-11/h7-10H,3-6H2,1-2H3. The molecule has 0 spiro atoms. The van der Waals surface area contributed by atoms with Crippen LogP contribution in [0.2, 0.25) is 0 Å². The van der Waals surface area contributed by atoms with Gasteiger partial charge >= 0.3 is 0 Å². The molecule has 1 fully saturated rings. The Kier molecular flexibility index (Phi) is 3.65. The Balaban J connectivity index is 2.22. The maximum atomic E-state index is 13.6. The van der Waals surface area contributed by atoms with Crippen LogP contribution in [-0.2, 0) is 0 Å². The van der Waals surface area contributed by atoms with E-state index < -0.39 is 11.6 Å². The molecule has 0 amide bonds. The second-order valence-corrected chi connectivity index (χ2v) is 4.97. The Morgan fingerprint density at radius 3 is 2.06 bits per heavy atom. The van der Waals surface area contributed by atoms with E-state index in [0.717, 1.165) is 37.2 Å². The van der Waals surface area contributed by atoms with Crippen molar-refractivity contribution in [2.75, 3.05) is 7.11 Å². The molecule has 0 saturated heterocycles. The molecule has 94 valence electrons. The van der Waals surface area contributed by atoms with Crippen LogP contribution in [0.15, 0.2) is 12.1 Å². The van der Waals surface area contributed by atoms with Gasteiger partial charge in [0.15, 0.2) is 17.4 Å². The van der Waals surface area contributed by atoms with Gasteiger partial charge in [-0.2, -0.15) is 0 Å². The van der Waals surface area contributed by atoms with Crippen LogP contribution >= 0.6 is 0 Å². The summed E-state index contributed by atoms with van der Waals surface area (Å²) in [7, 11) is 1.28. The SMILES string of the molecule is COc1c(F)cc(C2CCC(C)CC2)cc1F. The number of benzene rings is 1. The third kappa shape index (κ3) is 2.59. The first-order valence-corrected chi connectivity index (χ1v) is 6.14. The molecule has 0 radical (unpaired) electrons. The molecule has 0 bridgehead atoms. The molecular weight excluding hydrogens is 222 g/mol. The Morgan fingerprint density at radius 1 is 1.06 bits per heavy atom. The molecule has 3 heteroatoms. The van der Waals surface area contributed by atoms with Crippen LogP contribution in [0.3, 0.4) is 0 Å². The van der Waals surface area contributed by atoms with Gasteiger partial charge in [-0.25, -0.2) is 8.78 Å². The van der Waals surface area contributed by atoms with Crippen molar-refractivity contribution in [1.82, 2.24) is 0 Å². The lowest BCUT2D eigenvalue weighted by molar-refractivity contribution is 0.340. The number of hydrogen-bond donors (Lipinski definition) is 0. The first-order chi connectivity index (χ1) is 8.11. The normalized spacial score (nSPS) is 24.7. The predicted octanol–water partition coefficient (Wildman–Crippen LogP) is 4.27. The van der Waals surface area contributed by atoms with Crippen LogP contribution in [0, 0.1) is 17.6 Å². The Labute approximate surface area is 101 Å². The Morgan fingerprint density at radius 2 is 1.59 bits per heavy atom. The molecule has 2 rings (SSSR count). The molecule has 1 aliphatic carbocycles. The fourth-order valence-corrected chi connectivity index (χ4v) is 2.60. The van der Waals surface area contributed by atoms with Crippen LogP contribution in [0.5, 0.6) is 5.75 Å². The van der Waals surface area contributed by atoms with Gasteiger partial charge in [-0.15, -0.1) is 0 Å². The first kappa shape index (κ1) is 12.3. The lowest BCUT2D eigenvalue weighted by atomic mass is 9.79. The van der Waals surface area contributed by atoms with E-state index in [2.05, 4.69) is 11.7 Å². The minimum Gasteiger partial charge on any atom is -0.491 e. The molecule has 0 heterocycles. The largest absolute Gasteiger partial charge is 0.491 e. The third-order valence-corrected chi connectivity index (χ3v) is 3.71. The van der Waals surface area contributed by atoms with Gasteiger partial charge in [-0.1, -0.05) is 19.8 Å². The van der Waals surface area contributed by atoms with E-state index in [9.17, 15) is 8.78 Å². The summed E-state index contributed by atoms with van der Waals surface area (Å²) in [5, 5.41) is 0. The zero-order valence-electron chi connectivity index (χ0n) is 10.3. The maximum Gasteiger partial charge on any atom is 0.190 e. The molecule has 1 aliphatic rings. The molecule has 17 heavy (non-hydrogen) atoms. The van der Waals surface area contributed by atoms with Gasteiger partial charge in [0.1, 0.15) is 0 Å². The topological polar surface area (TPSA) is 9.23 Å². The zero-order valence-corrected chi connectivity index (χ0v) is 10.3. The highest BCUT2D eigenvalue weighted by atomic mass is 19.1. The third-order valence-electron chi connectivity index (χ3n) is 3.71. The number of ether oxygens (including phenoxy) is 1.